The zero-order valence-corrected chi connectivity index (χ0v) is 14.2. The van der Waals surface area contributed by atoms with E-state index in [-0.39, 0.29) is 5.92 Å². The van der Waals surface area contributed by atoms with Gasteiger partial charge in [0.25, 0.3) is 0 Å². The molecule has 1 heterocycles. The lowest BCUT2D eigenvalue weighted by Gasteiger charge is -2.30. The Kier molecular flexibility index (Phi) is 5.09. The van der Waals surface area contributed by atoms with Crippen molar-refractivity contribution in [3.63, 3.8) is 0 Å². The Morgan fingerprint density at radius 3 is 2.85 bits per heavy atom. The summed E-state index contributed by atoms with van der Waals surface area (Å²) < 4.78 is 31.6. The lowest BCUT2D eigenvalue weighted by molar-refractivity contribution is 0.180. The fourth-order valence-corrected chi connectivity index (χ4v) is 3.86. The topological polar surface area (TPSA) is 46.6 Å². The van der Waals surface area contributed by atoms with E-state index in [0.717, 1.165) is 28.6 Å². The molecule has 0 spiro atoms. The second-order valence-corrected chi connectivity index (χ2v) is 8.25. The van der Waals surface area contributed by atoms with Crippen molar-refractivity contribution in [3.05, 3.63) is 28.2 Å². The molecule has 112 valence electrons. The van der Waals surface area contributed by atoms with Crippen molar-refractivity contribution in [2.75, 3.05) is 26.0 Å². The Morgan fingerprint density at radius 2 is 2.20 bits per heavy atom. The maximum atomic E-state index is 11.6. The number of piperidine rings is 1. The van der Waals surface area contributed by atoms with Gasteiger partial charge in [-0.05, 0) is 43.5 Å². The predicted molar refractivity (Wildman–Crippen MR) is 83.5 cm³/mol. The van der Waals surface area contributed by atoms with Gasteiger partial charge in [0.05, 0.1) is 12.9 Å². The molecule has 4 nitrogen and oxygen atoms in total. The number of ether oxygens (including phenoxy) is 1. The molecule has 6 heteroatoms. The van der Waals surface area contributed by atoms with E-state index in [0.29, 0.717) is 19.7 Å². The zero-order valence-electron chi connectivity index (χ0n) is 11.8. The molecule has 1 aromatic carbocycles. The van der Waals surface area contributed by atoms with Crippen LogP contribution in [0.4, 0.5) is 0 Å². The van der Waals surface area contributed by atoms with E-state index >= 15 is 0 Å². The molecule has 0 N–H and O–H groups in total. The SMILES string of the molecule is Cc1cc(Br)ccc1OCC1CCCN(S(C)(=O)=O)C1. The summed E-state index contributed by atoms with van der Waals surface area (Å²) in [7, 11) is -3.08. The number of sulfonamides is 1. The minimum atomic E-state index is -3.08. The van der Waals surface area contributed by atoms with Gasteiger partial charge in [0.15, 0.2) is 0 Å². The summed E-state index contributed by atoms with van der Waals surface area (Å²) in [6, 6.07) is 5.90. The van der Waals surface area contributed by atoms with Crippen molar-refractivity contribution in [2.24, 2.45) is 5.92 Å². The molecule has 1 atom stereocenters. The van der Waals surface area contributed by atoms with Crippen LogP contribution in [-0.2, 0) is 10.0 Å². The highest BCUT2D eigenvalue weighted by Crippen LogP contribution is 2.24. The Bertz CT molecular complexity index is 574. The van der Waals surface area contributed by atoms with Gasteiger partial charge in [-0.1, -0.05) is 15.9 Å². The van der Waals surface area contributed by atoms with E-state index in [1.54, 1.807) is 4.31 Å². The average molecular weight is 362 g/mol. The summed E-state index contributed by atoms with van der Waals surface area (Å²) in [5, 5.41) is 0. The number of hydrogen-bond donors (Lipinski definition) is 0. The van der Waals surface area contributed by atoms with Crippen LogP contribution in [0.25, 0.3) is 0 Å². The molecule has 1 unspecified atom stereocenters. The fourth-order valence-electron chi connectivity index (χ4n) is 2.45. The highest BCUT2D eigenvalue weighted by atomic mass is 79.9. The van der Waals surface area contributed by atoms with Crippen LogP contribution in [0.1, 0.15) is 18.4 Å². The zero-order chi connectivity index (χ0) is 14.8. The molecule has 0 amide bonds. The minimum absolute atomic E-state index is 0.265. The summed E-state index contributed by atoms with van der Waals surface area (Å²) in [5.41, 5.74) is 1.08. The maximum absolute atomic E-state index is 11.6. The second kappa shape index (κ2) is 6.45. The molecule has 0 aromatic heterocycles. The van der Waals surface area contributed by atoms with E-state index in [1.807, 2.05) is 25.1 Å². The molecule has 0 aliphatic carbocycles. The third-order valence-corrected chi connectivity index (χ3v) is 5.33. The highest BCUT2D eigenvalue weighted by molar-refractivity contribution is 9.10. The van der Waals surface area contributed by atoms with Crippen LogP contribution in [0.5, 0.6) is 5.75 Å². The first kappa shape index (κ1) is 15.8. The van der Waals surface area contributed by atoms with E-state index < -0.39 is 10.0 Å². The van der Waals surface area contributed by atoms with Crippen molar-refractivity contribution in [1.82, 2.24) is 4.31 Å². The van der Waals surface area contributed by atoms with Gasteiger partial charge in [-0.15, -0.1) is 0 Å². The van der Waals surface area contributed by atoms with Gasteiger partial charge in [0.2, 0.25) is 10.0 Å². The van der Waals surface area contributed by atoms with Gasteiger partial charge < -0.3 is 4.74 Å². The van der Waals surface area contributed by atoms with E-state index in [2.05, 4.69) is 15.9 Å². The first-order valence-corrected chi connectivity index (χ1v) is 9.34. The van der Waals surface area contributed by atoms with Gasteiger partial charge in [0, 0.05) is 23.5 Å². The molecule has 1 aliphatic rings. The molecule has 2 rings (SSSR count). The van der Waals surface area contributed by atoms with Gasteiger partial charge in [-0.3, -0.25) is 0 Å². The lowest BCUT2D eigenvalue weighted by atomic mass is 10.0. The molecule has 1 saturated heterocycles. The summed E-state index contributed by atoms with van der Waals surface area (Å²) in [4.78, 5) is 0. The number of hydrogen-bond acceptors (Lipinski definition) is 3. The Hall–Kier alpha value is -0.590. The first-order valence-electron chi connectivity index (χ1n) is 6.70. The maximum Gasteiger partial charge on any atom is 0.211 e. The second-order valence-electron chi connectivity index (χ2n) is 5.35. The van der Waals surface area contributed by atoms with Crippen LogP contribution in [0.3, 0.4) is 0 Å². The van der Waals surface area contributed by atoms with Crippen LogP contribution < -0.4 is 4.74 Å². The molecule has 20 heavy (non-hydrogen) atoms. The van der Waals surface area contributed by atoms with Crippen molar-refractivity contribution in [1.29, 1.82) is 0 Å². The van der Waals surface area contributed by atoms with Gasteiger partial charge >= 0.3 is 0 Å². The predicted octanol–water partition coefficient (Wildman–Crippen LogP) is 2.81. The van der Waals surface area contributed by atoms with Gasteiger partial charge in [-0.25, -0.2) is 12.7 Å². The molecular formula is C14H20BrNO3S. The molecule has 0 bridgehead atoms. The molecular weight excluding hydrogens is 342 g/mol. The van der Waals surface area contributed by atoms with E-state index in [1.165, 1.54) is 6.26 Å². The Morgan fingerprint density at radius 1 is 1.45 bits per heavy atom. The Balaban J connectivity index is 1.94. The minimum Gasteiger partial charge on any atom is -0.493 e. The Labute approximate surface area is 129 Å². The van der Waals surface area contributed by atoms with Crippen LogP contribution >= 0.6 is 15.9 Å². The summed E-state index contributed by atoms with van der Waals surface area (Å²) in [5.74, 6) is 1.13. The van der Waals surface area contributed by atoms with E-state index in [4.69, 9.17) is 4.74 Å². The molecule has 1 aromatic rings. The van der Waals surface area contributed by atoms with Crippen LogP contribution in [-0.4, -0.2) is 38.7 Å². The third kappa shape index (κ3) is 4.20. The standard InChI is InChI=1S/C14H20BrNO3S/c1-11-8-13(15)5-6-14(11)19-10-12-4-3-7-16(9-12)20(2,17)18/h5-6,8,12H,3-4,7,9-10H2,1-2H3. The molecule has 1 fully saturated rings. The van der Waals surface area contributed by atoms with Crippen molar-refractivity contribution in [2.45, 2.75) is 19.8 Å². The van der Waals surface area contributed by atoms with Crippen molar-refractivity contribution >= 4 is 26.0 Å². The van der Waals surface area contributed by atoms with E-state index in [9.17, 15) is 8.42 Å². The normalized spacial score (nSPS) is 20.9. The number of nitrogens with zero attached hydrogens (tertiary/aromatic N) is 1. The highest BCUT2D eigenvalue weighted by Gasteiger charge is 2.26. The van der Waals surface area contributed by atoms with Crippen LogP contribution in [0, 0.1) is 12.8 Å². The van der Waals surface area contributed by atoms with Crippen molar-refractivity contribution in [3.8, 4) is 5.75 Å². The number of halogens is 1. The van der Waals surface area contributed by atoms with Crippen LogP contribution in [0.15, 0.2) is 22.7 Å². The van der Waals surface area contributed by atoms with Gasteiger partial charge in [-0.2, -0.15) is 0 Å². The largest absolute Gasteiger partial charge is 0.493 e. The average Bonchev–Trinajstić information content (AvgIpc) is 2.37. The monoisotopic (exact) mass is 361 g/mol. The third-order valence-electron chi connectivity index (χ3n) is 3.56. The van der Waals surface area contributed by atoms with Crippen molar-refractivity contribution < 1.29 is 13.2 Å². The number of aryl methyl sites for hydroxylation is 1. The molecule has 1 aliphatic heterocycles. The summed E-state index contributed by atoms with van der Waals surface area (Å²) in [6.45, 7) is 3.76. The number of benzene rings is 1. The summed E-state index contributed by atoms with van der Waals surface area (Å²) in [6.07, 6.45) is 3.19. The van der Waals surface area contributed by atoms with Gasteiger partial charge in [0.1, 0.15) is 5.75 Å². The molecule has 0 radical (unpaired) electrons. The van der Waals surface area contributed by atoms with Crippen LogP contribution in [0.2, 0.25) is 0 Å². The first-order chi connectivity index (χ1) is 9.36. The fraction of sp³-hybridized carbons (Fsp3) is 0.571. The summed E-state index contributed by atoms with van der Waals surface area (Å²) >= 11 is 3.42. The molecule has 0 saturated carbocycles. The smallest absolute Gasteiger partial charge is 0.211 e. The lowest BCUT2D eigenvalue weighted by Crippen LogP contribution is -2.40. The quantitative estimate of drug-likeness (QED) is 0.828. The number of rotatable bonds is 4.